The van der Waals surface area contributed by atoms with Gasteiger partial charge in [-0.2, -0.15) is 0 Å². The molecule has 182 valence electrons. The predicted molar refractivity (Wildman–Crippen MR) is 150 cm³/mol. The first-order valence-electron chi connectivity index (χ1n) is 11.8. The molecule has 8 heteroatoms. The van der Waals surface area contributed by atoms with E-state index < -0.39 is 0 Å². The zero-order valence-corrected chi connectivity index (χ0v) is 21.4. The second-order valence-electron chi connectivity index (χ2n) is 8.33. The highest BCUT2D eigenvalue weighted by Crippen LogP contribution is 2.23. The highest BCUT2D eigenvalue weighted by atomic mass is 32.1. The lowest BCUT2D eigenvalue weighted by molar-refractivity contribution is 0.250. The number of nitrogens with one attached hydrogen (secondary N) is 2. The van der Waals surface area contributed by atoms with Crippen LogP contribution in [0.4, 0.5) is 16.5 Å². The normalized spacial score (nSPS) is 15.3. The first-order chi connectivity index (χ1) is 17.2. The van der Waals surface area contributed by atoms with Gasteiger partial charge >= 0.3 is 0 Å². The number of benzene rings is 2. The van der Waals surface area contributed by atoms with Gasteiger partial charge < -0.3 is 15.5 Å². The van der Waals surface area contributed by atoms with E-state index in [4.69, 9.17) is 0 Å². The lowest BCUT2D eigenvalue weighted by Crippen LogP contribution is -2.45. The molecule has 1 fully saturated rings. The summed E-state index contributed by atoms with van der Waals surface area (Å²) in [7, 11) is 3.65. The highest BCUT2D eigenvalue weighted by Gasteiger charge is 2.17. The fourth-order valence-corrected chi connectivity index (χ4v) is 4.97. The SMILES string of the molecule is CN=C(/C=C\N=CNc1ccc(N2CCN(Cc3ccccc3)CC2)cc1)c1sc(NC)nc1C. The Labute approximate surface area is 211 Å². The van der Waals surface area contributed by atoms with Crippen LogP contribution in [-0.4, -0.2) is 62.2 Å². The van der Waals surface area contributed by atoms with Gasteiger partial charge in [-0.25, -0.2) is 9.98 Å². The molecule has 2 aromatic carbocycles. The molecular formula is C27H33N7S. The van der Waals surface area contributed by atoms with Crippen LogP contribution >= 0.6 is 11.3 Å². The fourth-order valence-electron chi connectivity index (χ4n) is 4.04. The number of aliphatic imine (C=N–C) groups is 2. The van der Waals surface area contributed by atoms with Crippen LogP contribution in [0.25, 0.3) is 0 Å². The van der Waals surface area contributed by atoms with Crippen molar-refractivity contribution in [2.75, 3.05) is 55.8 Å². The van der Waals surface area contributed by atoms with Crippen molar-refractivity contribution in [3.05, 3.63) is 83.0 Å². The van der Waals surface area contributed by atoms with Crippen molar-refractivity contribution in [2.24, 2.45) is 9.98 Å². The third-order valence-corrected chi connectivity index (χ3v) is 7.16. The second kappa shape index (κ2) is 12.3. The lowest BCUT2D eigenvalue weighted by Gasteiger charge is -2.36. The molecule has 0 bridgehead atoms. The Morgan fingerprint density at radius 2 is 1.80 bits per heavy atom. The average molecular weight is 488 g/mol. The highest BCUT2D eigenvalue weighted by molar-refractivity contribution is 7.17. The zero-order valence-electron chi connectivity index (χ0n) is 20.6. The molecule has 4 rings (SSSR count). The minimum atomic E-state index is 0.867. The fraction of sp³-hybridized carbons (Fsp3) is 0.296. The first-order valence-corrected chi connectivity index (χ1v) is 12.7. The molecule has 7 nitrogen and oxygen atoms in total. The molecule has 1 aliphatic heterocycles. The Morgan fingerprint density at radius 3 is 2.46 bits per heavy atom. The summed E-state index contributed by atoms with van der Waals surface area (Å²) in [5, 5.41) is 7.20. The zero-order chi connectivity index (χ0) is 24.5. The Bertz CT molecular complexity index is 1160. The smallest absolute Gasteiger partial charge is 0.183 e. The van der Waals surface area contributed by atoms with Crippen LogP contribution in [0, 0.1) is 6.92 Å². The van der Waals surface area contributed by atoms with Gasteiger partial charge in [0.1, 0.15) is 0 Å². The lowest BCUT2D eigenvalue weighted by atomic mass is 10.2. The maximum Gasteiger partial charge on any atom is 0.183 e. The molecule has 0 aliphatic carbocycles. The summed E-state index contributed by atoms with van der Waals surface area (Å²) in [6.07, 6.45) is 5.34. The van der Waals surface area contributed by atoms with Gasteiger partial charge in [0.05, 0.1) is 22.6 Å². The van der Waals surface area contributed by atoms with Crippen molar-refractivity contribution >= 4 is 39.9 Å². The van der Waals surface area contributed by atoms with E-state index in [2.05, 4.69) is 90.0 Å². The van der Waals surface area contributed by atoms with Crippen molar-refractivity contribution in [1.82, 2.24) is 9.88 Å². The van der Waals surface area contributed by atoms with E-state index in [9.17, 15) is 0 Å². The number of hydrogen-bond donors (Lipinski definition) is 2. The predicted octanol–water partition coefficient (Wildman–Crippen LogP) is 4.89. The van der Waals surface area contributed by atoms with Crippen molar-refractivity contribution in [2.45, 2.75) is 13.5 Å². The molecule has 1 saturated heterocycles. The average Bonchev–Trinajstić information content (AvgIpc) is 3.28. The summed E-state index contributed by atoms with van der Waals surface area (Å²) in [5.74, 6) is 0. The van der Waals surface area contributed by atoms with Crippen LogP contribution < -0.4 is 15.5 Å². The number of allylic oxidation sites excluding steroid dienone is 1. The first kappa shape index (κ1) is 24.6. The maximum absolute atomic E-state index is 4.48. The van der Waals surface area contributed by atoms with Gasteiger partial charge in [0.15, 0.2) is 5.13 Å². The van der Waals surface area contributed by atoms with Gasteiger partial charge in [-0.05, 0) is 42.8 Å². The van der Waals surface area contributed by atoms with Crippen LogP contribution in [0.5, 0.6) is 0 Å². The minimum Gasteiger partial charge on any atom is -0.369 e. The monoisotopic (exact) mass is 487 g/mol. The van der Waals surface area contributed by atoms with Crippen LogP contribution in [0.2, 0.25) is 0 Å². The third kappa shape index (κ3) is 6.77. The Hall–Kier alpha value is -3.49. The number of anilines is 3. The Morgan fingerprint density at radius 1 is 1.06 bits per heavy atom. The van der Waals surface area contributed by atoms with Crippen LogP contribution in [0.15, 0.2) is 76.9 Å². The van der Waals surface area contributed by atoms with E-state index in [0.717, 1.165) is 59.8 Å². The van der Waals surface area contributed by atoms with Crippen molar-refractivity contribution < 1.29 is 0 Å². The molecule has 2 heterocycles. The quantitative estimate of drug-likeness (QED) is 0.332. The van der Waals surface area contributed by atoms with Crippen LogP contribution in [-0.2, 0) is 6.54 Å². The largest absolute Gasteiger partial charge is 0.369 e. The summed E-state index contributed by atoms with van der Waals surface area (Å²) in [5.41, 5.74) is 5.48. The standard InChI is InChI=1S/C27H33N7S/c1-21-26(35-27(29-3)32-21)25(28-2)13-14-30-20-31-23-9-11-24(12-10-23)34-17-15-33(16-18-34)19-22-7-5-4-6-8-22/h4-14,20H,15-19H2,1-3H3,(H,29,32)(H,30,31)/b14-13-,28-25?. The molecule has 0 amide bonds. The summed E-state index contributed by atoms with van der Waals surface area (Å²) in [6.45, 7) is 7.26. The van der Waals surface area contributed by atoms with Gasteiger partial charge in [0, 0.05) is 64.4 Å². The van der Waals surface area contributed by atoms with E-state index in [-0.39, 0.29) is 0 Å². The van der Waals surface area contributed by atoms with E-state index in [1.54, 1.807) is 30.9 Å². The third-order valence-electron chi connectivity index (χ3n) is 5.96. The van der Waals surface area contributed by atoms with Gasteiger partial charge in [-0.1, -0.05) is 41.7 Å². The number of nitrogens with zero attached hydrogens (tertiary/aromatic N) is 5. The Balaban J connectivity index is 1.24. The number of rotatable bonds is 9. The van der Waals surface area contributed by atoms with Crippen molar-refractivity contribution in [3.63, 3.8) is 0 Å². The molecule has 3 aromatic rings. The summed E-state index contributed by atoms with van der Waals surface area (Å²) >= 11 is 1.59. The van der Waals surface area contributed by atoms with Crippen molar-refractivity contribution in [1.29, 1.82) is 0 Å². The van der Waals surface area contributed by atoms with E-state index in [1.165, 1.54) is 11.3 Å². The van der Waals surface area contributed by atoms with E-state index >= 15 is 0 Å². The molecular weight excluding hydrogens is 454 g/mol. The van der Waals surface area contributed by atoms with Gasteiger partial charge in [0.25, 0.3) is 0 Å². The minimum absolute atomic E-state index is 0.867. The topological polar surface area (TPSA) is 68.2 Å². The van der Waals surface area contributed by atoms with Crippen LogP contribution in [0.3, 0.4) is 0 Å². The summed E-state index contributed by atoms with van der Waals surface area (Å²) < 4.78 is 0. The number of hydrogen-bond acceptors (Lipinski definition) is 7. The molecule has 1 aliphatic rings. The van der Waals surface area contributed by atoms with Crippen molar-refractivity contribution in [3.8, 4) is 0 Å². The van der Waals surface area contributed by atoms with E-state index in [0.29, 0.717) is 0 Å². The molecule has 0 spiro atoms. The summed E-state index contributed by atoms with van der Waals surface area (Å²) in [6, 6.07) is 19.2. The van der Waals surface area contributed by atoms with Gasteiger partial charge in [-0.15, -0.1) is 0 Å². The van der Waals surface area contributed by atoms with Gasteiger partial charge in [-0.3, -0.25) is 9.89 Å². The number of aryl methyl sites for hydroxylation is 1. The van der Waals surface area contributed by atoms with E-state index in [1.807, 2.05) is 20.0 Å². The maximum atomic E-state index is 4.48. The number of thiazole rings is 1. The van der Waals surface area contributed by atoms with Gasteiger partial charge in [0.2, 0.25) is 0 Å². The molecule has 1 aromatic heterocycles. The Kier molecular flexibility index (Phi) is 8.64. The second-order valence-corrected chi connectivity index (χ2v) is 9.33. The molecule has 0 saturated carbocycles. The van der Waals surface area contributed by atoms with Crippen LogP contribution in [0.1, 0.15) is 16.1 Å². The summed E-state index contributed by atoms with van der Waals surface area (Å²) in [4.78, 5) is 19.2. The molecule has 0 atom stereocenters. The molecule has 0 radical (unpaired) electrons. The number of aromatic nitrogens is 1. The molecule has 35 heavy (non-hydrogen) atoms. The number of piperazine rings is 1. The molecule has 2 N–H and O–H groups in total. The molecule has 0 unspecified atom stereocenters.